The van der Waals surface area contributed by atoms with Gasteiger partial charge in [0.25, 0.3) is 5.91 Å². The first-order valence-corrected chi connectivity index (χ1v) is 17.6. The largest absolute Gasteiger partial charge is 0.416 e. The first-order chi connectivity index (χ1) is 26.3. The van der Waals surface area contributed by atoms with E-state index in [0.717, 1.165) is 48.9 Å². The van der Waals surface area contributed by atoms with E-state index in [4.69, 9.17) is 21.1 Å². The minimum absolute atomic E-state index is 0.0422. The number of hydrogen-bond donors (Lipinski definition) is 4. The molecule has 0 atom stereocenters. The normalized spacial score (nSPS) is 13.3. The quantitative estimate of drug-likeness (QED) is 0.0333. The van der Waals surface area contributed by atoms with Crippen molar-refractivity contribution in [2.24, 2.45) is 15.1 Å². The van der Waals surface area contributed by atoms with E-state index >= 15 is 0 Å². The third-order valence-corrected chi connectivity index (χ3v) is 7.94. The molecule has 304 valence electrons. The molecule has 1 aromatic rings. The Hall–Kier alpha value is -5.06. The van der Waals surface area contributed by atoms with Gasteiger partial charge in [-0.05, 0) is 69.3 Å². The van der Waals surface area contributed by atoms with Gasteiger partial charge in [0, 0.05) is 51.8 Å². The van der Waals surface area contributed by atoms with E-state index in [0.29, 0.717) is 49.9 Å². The van der Waals surface area contributed by atoms with Crippen LogP contribution in [0, 0.1) is 0 Å². The molecule has 1 heterocycles. The molecule has 1 aliphatic heterocycles. The molecule has 0 radical (unpaired) electrons. The Morgan fingerprint density at radius 3 is 2.36 bits per heavy atom. The Balaban J connectivity index is 0.00000228. The molecule has 0 saturated carbocycles. The van der Waals surface area contributed by atoms with Gasteiger partial charge in [0.2, 0.25) is 5.91 Å². The van der Waals surface area contributed by atoms with Gasteiger partial charge in [-0.2, -0.15) is 18.3 Å². The summed E-state index contributed by atoms with van der Waals surface area (Å²) in [6, 6.07) is 2.56. The highest BCUT2D eigenvalue weighted by Gasteiger charge is 2.31. The number of amides is 2. The second-order valence-corrected chi connectivity index (χ2v) is 11.7. The summed E-state index contributed by atoms with van der Waals surface area (Å²) >= 11 is 5.99. The van der Waals surface area contributed by atoms with Crippen molar-refractivity contribution < 1.29 is 32.3 Å². The van der Waals surface area contributed by atoms with E-state index in [1.165, 1.54) is 11.9 Å². The maximum atomic E-state index is 14.0. The van der Waals surface area contributed by atoms with E-state index < -0.39 is 30.1 Å². The van der Waals surface area contributed by atoms with Gasteiger partial charge in [0.05, 0.1) is 42.4 Å². The fourth-order valence-corrected chi connectivity index (χ4v) is 5.05. The van der Waals surface area contributed by atoms with Gasteiger partial charge in [0.1, 0.15) is 19.0 Å². The maximum Gasteiger partial charge on any atom is 0.416 e. The van der Waals surface area contributed by atoms with E-state index in [-0.39, 0.29) is 16.4 Å². The minimum atomic E-state index is -4.59. The molecule has 0 fully saturated rings. The van der Waals surface area contributed by atoms with Crippen LogP contribution in [0.15, 0.2) is 92.4 Å². The molecule has 2 amide bonds. The Kier molecular flexibility index (Phi) is 25.8. The van der Waals surface area contributed by atoms with E-state index in [9.17, 15) is 22.8 Å². The molecular formula is C38H55ClF3N9O4. The number of carbonyl (C=O) groups is 3. The molecular weight excluding hydrogens is 739 g/mol. The molecule has 1 aromatic carbocycles. The van der Waals surface area contributed by atoms with Gasteiger partial charge < -0.3 is 35.7 Å². The van der Waals surface area contributed by atoms with Crippen LogP contribution in [-0.4, -0.2) is 115 Å². The van der Waals surface area contributed by atoms with Crippen LogP contribution in [0.3, 0.4) is 0 Å². The number of alkyl halides is 3. The zero-order valence-corrected chi connectivity index (χ0v) is 33.2. The van der Waals surface area contributed by atoms with Crippen molar-refractivity contribution in [1.29, 1.82) is 0 Å². The molecule has 13 nitrogen and oxygen atoms in total. The van der Waals surface area contributed by atoms with Gasteiger partial charge in [0.15, 0.2) is 0 Å². The van der Waals surface area contributed by atoms with Crippen molar-refractivity contribution in [3.8, 4) is 0 Å². The van der Waals surface area contributed by atoms with Crippen LogP contribution in [0.4, 0.5) is 18.9 Å². The number of ether oxygens (including phenoxy) is 1. The molecule has 0 bridgehead atoms. The number of anilines is 1. The summed E-state index contributed by atoms with van der Waals surface area (Å²) < 4.78 is 44.1. The fourth-order valence-electron chi connectivity index (χ4n) is 4.82. The summed E-state index contributed by atoms with van der Waals surface area (Å²) in [6.45, 7) is 20.0. The summed E-state index contributed by atoms with van der Waals surface area (Å²) in [5.74, 6) is -1.32. The third kappa shape index (κ3) is 18.7. The lowest BCUT2D eigenvalue weighted by molar-refractivity contribution is -0.137. The number of hydrogen-bond acceptors (Lipinski definition) is 10. The van der Waals surface area contributed by atoms with E-state index in [2.05, 4.69) is 62.4 Å². The lowest BCUT2D eigenvalue weighted by Crippen LogP contribution is -2.43. The number of aliphatic imine (C=N–C) groups is 2. The molecule has 1 aliphatic rings. The third-order valence-electron chi connectivity index (χ3n) is 7.63. The van der Waals surface area contributed by atoms with Crippen LogP contribution in [0.5, 0.6) is 0 Å². The number of nitrogens with one attached hydrogen (secondary N) is 4. The van der Waals surface area contributed by atoms with Crippen molar-refractivity contribution in [3.63, 3.8) is 0 Å². The Bertz CT molecular complexity index is 1550. The molecule has 0 saturated heterocycles. The van der Waals surface area contributed by atoms with Gasteiger partial charge in [-0.25, -0.2) is 5.01 Å². The Morgan fingerprint density at radius 1 is 1.15 bits per heavy atom. The van der Waals surface area contributed by atoms with Crippen LogP contribution in [-0.2, 0) is 25.3 Å². The molecule has 17 heteroatoms. The standard InChI is InChI=1S/C30H42ClF3N8O2.C7H11NO.CH2O/c1-8-10-11-22(21(3)39-20-36-5)14-16-41(17-15-35-4)28(25(9-2)37-6)29(44)42(38-7)19-27(43)40-26-13-12-23(18-24(26)31)30(32,33)34;1-8-6-7-2-4-9-5-3-7;1-2/h8,10-13,18,20,35,37H,3,7,9,14-17,19H2,1-2,4-6H3,(H,36,39)(H,40,43);2H,1,3-6H2;1H2/b10-8-,22-11-,28-25+;;. The predicted molar refractivity (Wildman–Crippen MR) is 217 cm³/mol. The minimum Gasteiger partial charge on any atom is -0.390 e. The zero-order valence-electron chi connectivity index (χ0n) is 32.4. The highest BCUT2D eigenvalue weighted by molar-refractivity contribution is 6.33. The average Bonchev–Trinajstić information content (AvgIpc) is 3.18. The van der Waals surface area contributed by atoms with Crippen molar-refractivity contribution in [2.45, 2.75) is 39.3 Å². The smallest absolute Gasteiger partial charge is 0.390 e. The fraction of sp³-hybridized carbons (Fsp3) is 0.421. The van der Waals surface area contributed by atoms with Gasteiger partial charge in [-0.15, -0.1) is 0 Å². The van der Waals surface area contributed by atoms with Crippen molar-refractivity contribution in [1.82, 2.24) is 25.9 Å². The van der Waals surface area contributed by atoms with Crippen molar-refractivity contribution in [3.05, 3.63) is 87.9 Å². The molecule has 2 rings (SSSR count). The van der Waals surface area contributed by atoms with Crippen LogP contribution in [0.1, 0.15) is 38.7 Å². The number of hydrazone groups is 1. The number of allylic oxidation sites excluding steroid dienone is 5. The molecule has 0 aliphatic carbocycles. The number of likely N-dealkylation sites (N-methyl/N-ethyl adjacent to an activating group) is 1. The van der Waals surface area contributed by atoms with Crippen LogP contribution in [0.2, 0.25) is 5.02 Å². The second kappa shape index (κ2) is 28.4. The monoisotopic (exact) mass is 793 g/mol. The molecule has 55 heavy (non-hydrogen) atoms. The number of rotatable bonds is 20. The highest BCUT2D eigenvalue weighted by Crippen LogP contribution is 2.33. The number of benzene rings is 1. The topological polar surface area (TPSA) is 152 Å². The van der Waals surface area contributed by atoms with Gasteiger partial charge in [-0.3, -0.25) is 19.6 Å². The van der Waals surface area contributed by atoms with Gasteiger partial charge in [-0.1, -0.05) is 49.4 Å². The average molecular weight is 794 g/mol. The van der Waals surface area contributed by atoms with Crippen LogP contribution in [0.25, 0.3) is 0 Å². The zero-order chi connectivity index (χ0) is 41.8. The second-order valence-electron chi connectivity index (χ2n) is 11.3. The number of halogens is 4. The number of nitrogens with zero attached hydrogens (tertiary/aromatic N) is 5. The summed E-state index contributed by atoms with van der Waals surface area (Å²) in [4.78, 5) is 44.5. The molecule has 0 spiro atoms. The molecule has 0 unspecified atom stereocenters. The summed E-state index contributed by atoms with van der Waals surface area (Å²) in [5.41, 5.74) is 2.80. The summed E-state index contributed by atoms with van der Waals surface area (Å²) in [7, 11) is 5.13. The maximum absolute atomic E-state index is 14.0. The number of carbonyl (C=O) groups excluding carboxylic acids is 3. The van der Waals surface area contributed by atoms with Crippen molar-refractivity contribution in [2.75, 3.05) is 72.4 Å². The summed E-state index contributed by atoms with van der Waals surface area (Å²) in [6.07, 6.45) is 6.72. The van der Waals surface area contributed by atoms with Crippen molar-refractivity contribution >= 4 is 55.7 Å². The van der Waals surface area contributed by atoms with Gasteiger partial charge >= 0.3 is 6.18 Å². The summed E-state index contributed by atoms with van der Waals surface area (Å²) in [5, 5.41) is 16.1. The predicted octanol–water partition coefficient (Wildman–Crippen LogP) is 5.61. The van der Waals surface area contributed by atoms with E-state index in [1.54, 1.807) is 21.1 Å². The highest BCUT2D eigenvalue weighted by atomic mass is 35.5. The molecule has 0 aromatic heterocycles. The Morgan fingerprint density at radius 2 is 1.85 bits per heavy atom. The molecule has 4 N–H and O–H groups in total. The first-order valence-electron chi connectivity index (χ1n) is 17.2. The van der Waals surface area contributed by atoms with Crippen LogP contribution < -0.4 is 21.3 Å². The van der Waals surface area contributed by atoms with Crippen LogP contribution >= 0.6 is 11.6 Å². The van der Waals surface area contributed by atoms with E-state index in [1.807, 2.05) is 43.8 Å². The first kappa shape index (κ1) is 49.9. The lowest BCUT2D eigenvalue weighted by atomic mass is 10.1. The lowest BCUT2D eigenvalue weighted by Gasteiger charge is -2.31. The Labute approximate surface area is 327 Å². The SMILES string of the molecule is C=NCC1=CCOCC1.C=NN(CC(=O)Nc1ccc(C(F)(F)F)cc1Cl)C(=O)/C(=C(/CC)NC)N(CCNC)CC/C(=C/C=C\C)C(=C)NC=NC.C=O.